The molecule has 0 aromatic heterocycles. The van der Waals surface area contributed by atoms with Gasteiger partial charge < -0.3 is 16.0 Å². The van der Waals surface area contributed by atoms with E-state index < -0.39 is 0 Å². The van der Waals surface area contributed by atoms with Crippen molar-refractivity contribution in [2.75, 3.05) is 27.2 Å². The van der Waals surface area contributed by atoms with Gasteiger partial charge in [0.15, 0.2) is 0 Å². The van der Waals surface area contributed by atoms with Crippen molar-refractivity contribution in [3.8, 4) is 11.8 Å². The molecule has 1 aromatic rings. The molecule has 21 heavy (non-hydrogen) atoms. The van der Waals surface area contributed by atoms with Crippen LogP contribution >= 0.6 is 0 Å². The summed E-state index contributed by atoms with van der Waals surface area (Å²) in [7, 11) is 3.54. The lowest BCUT2D eigenvalue weighted by atomic mass is 10.1. The fourth-order valence-electron chi connectivity index (χ4n) is 2.10. The van der Waals surface area contributed by atoms with Crippen LogP contribution in [0.15, 0.2) is 18.2 Å². The van der Waals surface area contributed by atoms with Gasteiger partial charge in [-0.2, -0.15) is 0 Å². The molecule has 1 amide bonds. The third-order valence-corrected chi connectivity index (χ3v) is 3.12. The van der Waals surface area contributed by atoms with Crippen molar-refractivity contribution in [3.05, 3.63) is 35.1 Å². The molecule has 0 spiro atoms. The molecular formula is C16H22FN3O. The summed E-state index contributed by atoms with van der Waals surface area (Å²) in [5, 5.41) is 2.63. The van der Waals surface area contributed by atoms with Gasteiger partial charge >= 0.3 is 0 Å². The van der Waals surface area contributed by atoms with Crippen LogP contribution in [0.5, 0.6) is 0 Å². The number of nitrogens with two attached hydrogens (primary N) is 1. The number of hydrogen-bond donors (Lipinski definition) is 2. The Kier molecular flexibility index (Phi) is 6.86. The van der Waals surface area contributed by atoms with E-state index in [-0.39, 0.29) is 24.2 Å². The highest BCUT2D eigenvalue weighted by molar-refractivity contribution is 5.78. The summed E-state index contributed by atoms with van der Waals surface area (Å²) >= 11 is 0. The molecule has 0 saturated carbocycles. The fraction of sp³-hybridized carbons (Fsp3) is 0.438. The van der Waals surface area contributed by atoms with Crippen molar-refractivity contribution in [2.45, 2.75) is 13.5 Å². The standard InChI is InChI=1S/C16H22FN3O/c1-12(16(21)19-2)10-20(3)11-14-6-7-15(17)9-13(14)5-4-8-18/h6-7,9,12H,8,10-11,18H2,1-3H3,(H,19,21). The van der Waals surface area contributed by atoms with Crippen LogP contribution in [0.1, 0.15) is 18.1 Å². The van der Waals surface area contributed by atoms with E-state index in [1.165, 1.54) is 12.1 Å². The molecule has 0 aliphatic heterocycles. The number of carbonyl (C=O) groups excluding carboxylic acids is 1. The molecule has 1 rings (SSSR count). The van der Waals surface area contributed by atoms with Crippen molar-refractivity contribution >= 4 is 5.91 Å². The summed E-state index contributed by atoms with van der Waals surface area (Å²) in [4.78, 5) is 13.5. The smallest absolute Gasteiger partial charge is 0.223 e. The Labute approximate surface area is 125 Å². The number of amides is 1. The second kappa shape index (κ2) is 8.40. The van der Waals surface area contributed by atoms with Crippen molar-refractivity contribution in [3.63, 3.8) is 0 Å². The lowest BCUT2D eigenvalue weighted by molar-refractivity contribution is -0.124. The molecule has 5 heteroatoms. The number of rotatable bonds is 5. The Morgan fingerprint density at radius 3 is 2.86 bits per heavy atom. The van der Waals surface area contributed by atoms with Gasteiger partial charge in [-0.3, -0.25) is 4.79 Å². The van der Waals surface area contributed by atoms with E-state index in [0.29, 0.717) is 18.7 Å². The van der Waals surface area contributed by atoms with Crippen LogP contribution in [0.4, 0.5) is 4.39 Å². The van der Waals surface area contributed by atoms with Crippen molar-refractivity contribution < 1.29 is 9.18 Å². The zero-order chi connectivity index (χ0) is 15.8. The Bertz CT molecular complexity index is 548. The molecule has 1 atom stereocenters. The first-order chi connectivity index (χ1) is 9.97. The van der Waals surface area contributed by atoms with Gasteiger partial charge in [-0.25, -0.2) is 4.39 Å². The lowest BCUT2D eigenvalue weighted by Gasteiger charge is -2.21. The van der Waals surface area contributed by atoms with Crippen LogP contribution in [0.2, 0.25) is 0 Å². The highest BCUT2D eigenvalue weighted by Crippen LogP contribution is 2.13. The van der Waals surface area contributed by atoms with Crippen LogP contribution < -0.4 is 11.1 Å². The molecule has 0 heterocycles. The average Bonchev–Trinajstić information content (AvgIpc) is 2.46. The van der Waals surface area contributed by atoms with Crippen LogP contribution in [-0.4, -0.2) is 38.0 Å². The predicted molar refractivity (Wildman–Crippen MR) is 81.9 cm³/mol. The predicted octanol–water partition coefficient (Wildman–Crippen LogP) is 0.950. The zero-order valence-electron chi connectivity index (χ0n) is 12.7. The first-order valence-electron chi connectivity index (χ1n) is 6.85. The maximum Gasteiger partial charge on any atom is 0.223 e. The van der Waals surface area contributed by atoms with Crippen molar-refractivity contribution in [1.29, 1.82) is 0 Å². The summed E-state index contributed by atoms with van der Waals surface area (Å²) in [5.41, 5.74) is 6.92. The van der Waals surface area contributed by atoms with Gasteiger partial charge in [0, 0.05) is 31.6 Å². The molecule has 1 unspecified atom stereocenters. The van der Waals surface area contributed by atoms with Crippen LogP contribution in [0, 0.1) is 23.6 Å². The Balaban J connectivity index is 2.80. The number of hydrogen-bond acceptors (Lipinski definition) is 3. The first kappa shape index (κ1) is 17.2. The van der Waals surface area contributed by atoms with E-state index >= 15 is 0 Å². The SMILES string of the molecule is CNC(=O)C(C)CN(C)Cc1ccc(F)cc1C#CCN. The minimum absolute atomic E-state index is 0.00380. The molecule has 0 bridgehead atoms. The van der Waals surface area contributed by atoms with Gasteiger partial charge in [0.05, 0.1) is 6.54 Å². The third-order valence-electron chi connectivity index (χ3n) is 3.12. The molecule has 114 valence electrons. The fourth-order valence-corrected chi connectivity index (χ4v) is 2.10. The minimum atomic E-state index is -0.318. The van der Waals surface area contributed by atoms with Crippen LogP contribution in [0.25, 0.3) is 0 Å². The molecule has 0 aliphatic rings. The van der Waals surface area contributed by atoms with Crippen molar-refractivity contribution in [1.82, 2.24) is 10.2 Å². The number of halogens is 1. The number of benzene rings is 1. The molecule has 3 N–H and O–H groups in total. The molecular weight excluding hydrogens is 269 g/mol. The van der Waals surface area contributed by atoms with E-state index in [2.05, 4.69) is 17.2 Å². The Hall–Kier alpha value is -1.90. The summed E-state index contributed by atoms with van der Waals surface area (Å²) in [5.74, 6) is 5.20. The lowest BCUT2D eigenvalue weighted by Crippen LogP contribution is -2.34. The number of nitrogens with zero attached hydrogens (tertiary/aromatic N) is 1. The largest absolute Gasteiger partial charge is 0.359 e. The molecule has 4 nitrogen and oxygen atoms in total. The van der Waals surface area contributed by atoms with E-state index in [1.807, 2.05) is 18.9 Å². The van der Waals surface area contributed by atoms with E-state index in [4.69, 9.17) is 5.73 Å². The zero-order valence-corrected chi connectivity index (χ0v) is 12.7. The van der Waals surface area contributed by atoms with Gasteiger partial charge in [-0.1, -0.05) is 24.8 Å². The highest BCUT2D eigenvalue weighted by Gasteiger charge is 2.14. The van der Waals surface area contributed by atoms with Gasteiger partial charge in [-0.05, 0) is 24.7 Å². The van der Waals surface area contributed by atoms with E-state index in [0.717, 1.165) is 5.56 Å². The van der Waals surface area contributed by atoms with Gasteiger partial charge in [0.25, 0.3) is 0 Å². The average molecular weight is 291 g/mol. The van der Waals surface area contributed by atoms with Crippen LogP contribution in [0.3, 0.4) is 0 Å². The molecule has 0 saturated heterocycles. The molecule has 0 fully saturated rings. The maximum absolute atomic E-state index is 13.3. The maximum atomic E-state index is 13.3. The first-order valence-corrected chi connectivity index (χ1v) is 6.85. The van der Waals surface area contributed by atoms with E-state index in [1.54, 1.807) is 13.1 Å². The quantitative estimate of drug-likeness (QED) is 0.794. The molecule has 0 aliphatic carbocycles. The monoisotopic (exact) mass is 291 g/mol. The summed E-state index contributed by atoms with van der Waals surface area (Å²) < 4.78 is 13.3. The second-order valence-corrected chi connectivity index (χ2v) is 5.02. The Morgan fingerprint density at radius 2 is 2.24 bits per heavy atom. The minimum Gasteiger partial charge on any atom is -0.359 e. The Morgan fingerprint density at radius 1 is 1.52 bits per heavy atom. The number of nitrogens with one attached hydrogen (secondary N) is 1. The van der Waals surface area contributed by atoms with Gasteiger partial charge in [0.1, 0.15) is 5.82 Å². The van der Waals surface area contributed by atoms with Gasteiger partial charge in [0.2, 0.25) is 5.91 Å². The van der Waals surface area contributed by atoms with E-state index in [9.17, 15) is 9.18 Å². The molecule has 1 aromatic carbocycles. The van der Waals surface area contributed by atoms with Gasteiger partial charge in [-0.15, -0.1) is 0 Å². The second-order valence-electron chi connectivity index (χ2n) is 5.02. The third kappa shape index (κ3) is 5.54. The van der Waals surface area contributed by atoms with Crippen LogP contribution in [-0.2, 0) is 11.3 Å². The highest BCUT2D eigenvalue weighted by atomic mass is 19.1. The normalized spacial score (nSPS) is 11.7. The summed E-state index contributed by atoms with van der Waals surface area (Å²) in [6.45, 7) is 3.31. The van der Waals surface area contributed by atoms with Crippen molar-refractivity contribution in [2.24, 2.45) is 11.7 Å². The summed E-state index contributed by atoms with van der Waals surface area (Å²) in [6.07, 6.45) is 0. The number of carbonyl (C=O) groups is 1. The molecule has 0 radical (unpaired) electrons. The summed E-state index contributed by atoms with van der Waals surface area (Å²) in [6, 6.07) is 4.55. The topological polar surface area (TPSA) is 58.4 Å².